The third-order valence-corrected chi connectivity index (χ3v) is 9.73. The van der Waals surface area contributed by atoms with Gasteiger partial charge in [0, 0.05) is 30.8 Å². The van der Waals surface area contributed by atoms with E-state index in [1.807, 2.05) is 85.9 Å². The Balaban J connectivity index is 1.09. The molecule has 0 saturated carbocycles. The number of hydrogen-bond acceptors (Lipinski definition) is 10. The number of carbonyl (C=O) groups is 1. The Morgan fingerprint density at radius 1 is 0.898 bits per heavy atom. The van der Waals surface area contributed by atoms with Crippen LogP contribution in [0.25, 0.3) is 22.2 Å². The number of tetrazole rings is 1. The van der Waals surface area contributed by atoms with Crippen LogP contribution in [-0.2, 0) is 29.7 Å². The van der Waals surface area contributed by atoms with Gasteiger partial charge < -0.3 is 19.9 Å². The summed E-state index contributed by atoms with van der Waals surface area (Å²) in [5, 5.41) is 25.1. The molecule has 7 rings (SSSR count). The summed E-state index contributed by atoms with van der Waals surface area (Å²) >= 11 is 1.55. The number of amides is 1. The van der Waals surface area contributed by atoms with Crippen molar-refractivity contribution in [1.29, 1.82) is 0 Å². The average Bonchev–Trinajstić information content (AvgIpc) is 3.57. The standard InChI is InChI=1S/C37H35N7O4S/c1-23-33(22-49-37-41-42-43-44(37)2)47-36(48-34(23)26-15-13-24(21-45)14-16-26)29-10-6-9-28(18-29)27-8-5-7-25(17-27)19-39-35(46)32-20-38-30-11-3-4-12-31(30)40-32/h3-18,20,23,33-34,36,45H,19,21-22H2,1-2H3,(H,39,46)/t23-,33+,34+,36+/m0/s1. The van der Waals surface area contributed by atoms with Crippen molar-refractivity contribution < 1.29 is 19.4 Å². The van der Waals surface area contributed by atoms with E-state index >= 15 is 0 Å². The van der Waals surface area contributed by atoms with Gasteiger partial charge in [-0.25, -0.2) is 9.67 Å². The number of carbonyl (C=O) groups excluding carboxylic acids is 1. The van der Waals surface area contributed by atoms with Gasteiger partial charge in [-0.2, -0.15) is 0 Å². The summed E-state index contributed by atoms with van der Waals surface area (Å²) in [6.45, 7) is 2.45. The molecule has 12 heteroatoms. The van der Waals surface area contributed by atoms with Crippen LogP contribution in [0, 0.1) is 5.92 Å². The minimum atomic E-state index is -0.618. The molecule has 0 radical (unpaired) electrons. The van der Waals surface area contributed by atoms with E-state index in [-0.39, 0.29) is 36.3 Å². The molecule has 0 unspecified atom stereocenters. The molecule has 2 aromatic heterocycles. The molecule has 248 valence electrons. The molecule has 11 nitrogen and oxygen atoms in total. The number of nitrogens with one attached hydrogen (secondary N) is 1. The molecule has 0 aliphatic carbocycles. The Labute approximate surface area is 287 Å². The molecule has 1 saturated heterocycles. The largest absolute Gasteiger partial charge is 0.392 e. The van der Waals surface area contributed by atoms with E-state index in [2.05, 4.69) is 55.9 Å². The van der Waals surface area contributed by atoms with Crippen LogP contribution in [0.5, 0.6) is 0 Å². The maximum absolute atomic E-state index is 12.9. The van der Waals surface area contributed by atoms with Crippen molar-refractivity contribution in [2.75, 3.05) is 5.75 Å². The summed E-state index contributed by atoms with van der Waals surface area (Å²) < 4.78 is 15.0. The second kappa shape index (κ2) is 14.6. The number of aliphatic hydroxyl groups is 1. The number of ether oxygens (including phenoxy) is 2. The van der Waals surface area contributed by atoms with E-state index in [1.54, 1.807) is 16.4 Å². The zero-order valence-electron chi connectivity index (χ0n) is 27.0. The van der Waals surface area contributed by atoms with Crippen LogP contribution in [-0.4, -0.2) is 53.0 Å². The van der Waals surface area contributed by atoms with Gasteiger partial charge in [-0.15, -0.1) is 5.10 Å². The molecule has 1 aliphatic heterocycles. The lowest BCUT2D eigenvalue weighted by atomic mass is 9.91. The van der Waals surface area contributed by atoms with Crippen LogP contribution in [0.15, 0.2) is 108 Å². The summed E-state index contributed by atoms with van der Waals surface area (Å²) in [6.07, 6.45) is 0.483. The maximum Gasteiger partial charge on any atom is 0.271 e. The Morgan fingerprint density at radius 2 is 1.67 bits per heavy atom. The zero-order valence-corrected chi connectivity index (χ0v) is 27.8. The van der Waals surface area contributed by atoms with Gasteiger partial charge in [-0.3, -0.25) is 9.78 Å². The van der Waals surface area contributed by atoms with Crippen LogP contribution >= 0.6 is 11.8 Å². The topological polar surface area (TPSA) is 137 Å². The Kier molecular flexibility index (Phi) is 9.71. The molecule has 4 aromatic carbocycles. The number of thioether (sulfide) groups is 1. The normalized spacial score (nSPS) is 19.2. The SMILES string of the molecule is C[C@H]1[C@@H](CSc2nnnn2C)O[C@@H](c2cccc(-c3cccc(CNC(=O)c4cnc5ccccc5n4)c3)c2)O[C@H]1c1ccc(CO)cc1. The van der Waals surface area contributed by atoms with E-state index in [0.29, 0.717) is 23.0 Å². The lowest BCUT2D eigenvalue weighted by Crippen LogP contribution is -2.38. The molecular formula is C37H35N7O4S. The lowest BCUT2D eigenvalue weighted by Gasteiger charge is -2.41. The smallest absolute Gasteiger partial charge is 0.271 e. The quantitative estimate of drug-likeness (QED) is 0.171. The molecule has 6 aromatic rings. The lowest BCUT2D eigenvalue weighted by molar-refractivity contribution is -0.268. The van der Waals surface area contributed by atoms with Gasteiger partial charge in [0.25, 0.3) is 5.91 Å². The van der Waals surface area contributed by atoms with Gasteiger partial charge in [0.05, 0.1) is 36.0 Å². The predicted molar refractivity (Wildman–Crippen MR) is 185 cm³/mol. The van der Waals surface area contributed by atoms with Gasteiger partial charge in [0.15, 0.2) is 6.29 Å². The first kappa shape index (κ1) is 32.5. The zero-order chi connectivity index (χ0) is 33.7. The predicted octanol–water partition coefficient (Wildman–Crippen LogP) is 5.83. The van der Waals surface area contributed by atoms with Crippen molar-refractivity contribution >= 4 is 28.7 Å². The molecule has 4 atom stereocenters. The molecule has 1 amide bonds. The van der Waals surface area contributed by atoms with Crippen LogP contribution in [0.1, 0.15) is 52.1 Å². The van der Waals surface area contributed by atoms with E-state index in [4.69, 9.17) is 9.47 Å². The minimum Gasteiger partial charge on any atom is -0.392 e. The number of aliphatic hydroxyl groups excluding tert-OH is 1. The summed E-state index contributed by atoms with van der Waals surface area (Å²) in [6, 6.07) is 31.6. The minimum absolute atomic E-state index is 0.0163. The number of aromatic nitrogens is 6. The third-order valence-electron chi connectivity index (χ3n) is 8.63. The highest BCUT2D eigenvalue weighted by Crippen LogP contribution is 2.43. The number of benzene rings is 4. The molecule has 1 fully saturated rings. The Morgan fingerprint density at radius 3 is 2.45 bits per heavy atom. The Bertz CT molecular complexity index is 2070. The summed E-state index contributed by atoms with van der Waals surface area (Å²) in [7, 11) is 1.82. The number of aryl methyl sites for hydroxylation is 1. The van der Waals surface area contributed by atoms with Crippen molar-refractivity contribution in [2.45, 2.75) is 43.7 Å². The van der Waals surface area contributed by atoms with Crippen LogP contribution in [0.3, 0.4) is 0 Å². The molecule has 2 N–H and O–H groups in total. The molecule has 1 aliphatic rings. The second-order valence-electron chi connectivity index (χ2n) is 12.0. The first-order valence-corrected chi connectivity index (χ1v) is 17.0. The second-order valence-corrected chi connectivity index (χ2v) is 13.0. The fourth-order valence-corrected chi connectivity index (χ4v) is 6.89. The third kappa shape index (κ3) is 7.37. The molecule has 3 heterocycles. The van der Waals surface area contributed by atoms with Gasteiger partial charge >= 0.3 is 0 Å². The van der Waals surface area contributed by atoms with E-state index < -0.39 is 6.29 Å². The summed E-state index contributed by atoms with van der Waals surface area (Å²) in [4.78, 5) is 21.7. The van der Waals surface area contributed by atoms with Gasteiger partial charge in [0.2, 0.25) is 5.16 Å². The highest BCUT2D eigenvalue weighted by molar-refractivity contribution is 7.99. The van der Waals surface area contributed by atoms with E-state index in [1.165, 1.54) is 6.20 Å². The van der Waals surface area contributed by atoms with Crippen LogP contribution in [0.2, 0.25) is 0 Å². The molecule has 0 bridgehead atoms. The van der Waals surface area contributed by atoms with Gasteiger partial charge in [-0.05, 0) is 62.5 Å². The number of fused-ring (bicyclic) bond motifs is 1. The fourth-order valence-electron chi connectivity index (χ4n) is 5.88. The van der Waals surface area contributed by atoms with Crippen molar-refractivity contribution in [3.63, 3.8) is 0 Å². The van der Waals surface area contributed by atoms with Gasteiger partial charge in [-0.1, -0.05) is 91.5 Å². The van der Waals surface area contributed by atoms with Crippen LogP contribution in [0.4, 0.5) is 0 Å². The van der Waals surface area contributed by atoms with Crippen molar-refractivity contribution in [3.05, 3.63) is 131 Å². The number of para-hydroxylation sites is 2. The number of rotatable bonds is 10. The summed E-state index contributed by atoms with van der Waals surface area (Å²) in [5.74, 6) is 0.384. The number of hydrogen-bond donors (Lipinski definition) is 2. The number of nitrogens with zero attached hydrogens (tertiary/aromatic N) is 6. The molecule has 49 heavy (non-hydrogen) atoms. The van der Waals surface area contributed by atoms with E-state index in [0.717, 1.165) is 38.9 Å². The first-order valence-electron chi connectivity index (χ1n) is 16.0. The Hall–Kier alpha value is -5.01. The highest BCUT2D eigenvalue weighted by atomic mass is 32.2. The van der Waals surface area contributed by atoms with Crippen LogP contribution < -0.4 is 5.32 Å². The van der Waals surface area contributed by atoms with Crippen molar-refractivity contribution in [1.82, 2.24) is 35.5 Å². The average molecular weight is 674 g/mol. The van der Waals surface area contributed by atoms with Gasteiger partial charge in [0.1, 0.15) is 5.69 Å². The highest BCUT2D eigenvalue weighted by Gasteiger charge is 2.38. The van der Waals surface area contributed by atoms with E-state index in [9.17, 15) is 9.90 Å². The maximum atomic E-state index is 12.9. The molecule has 0 spiro atoms. The first-order chi connectivity index (χ1) is 23.9. The molecular weight excluding hydrogens is 639 g/mol. The summed E-state index contributed by atoms with van der Waals surface area (Å²) in [5.41, 5.74) is 7.41. The van der Waals surface area contributed by atoms with Crippen molar-refractivity contribution in [2.24, 2.45) is 13.0 Å². The fraction of sp³-hybridized carbons (Fsp3) is 0.243. The van der Waals surface area contributed by atoms with Crippen molar-refractivity contribution in [3.8, 4) is 11.1 Å². The monoisotopic (exact) mass is 673 g/mol.